The molecule has 4 nitrogen and oxygen atoms in total. The van der Waals surface area contributed by atoms with Crippen LogP contribution in [0.4, 0.5) is 0 Å². The fourth-order valence-corrected chi connectivity index (χ4v) is 3.47. The molecular formula is C16H13ClN2O2S. The lowest BCUT2D eigenvalue weighted by atomic mass is 10.1. The molecule has 0 aliphatic heterocycles. The van der Waals surface area contributed by atoms with Crippen molar-refractivity contribution in [2.45, 2.75) is 6.54 Å². The maximum Gasteiger partial charge on any atom is 0.254 e. The number of thiophene rings is 1. The summed E-state index contributed by atoms with van der Waals surface area (Å²) in [6, 6.07) is 12.3. The standard InChI is InChI=1S/C16H13ClN2O2S/c1-19(9-10-6-7-14(17)22-10)16(21)12-8-15(20)18-13-5-3-2-4-11(12)13/h2-8H,9H2,1H3,(H,18,20). The molecular weight excluding hydrogens is 320 g/mol. The van der Waals surface area contributed by atoms with Crippen LogP contribution in [0.15, 0.2) is 47.3 Å². The van der Waals surface area contributed by atoms with Gasteiger partial charge in [-0.3, -0.25) is 9.59 Å². The van der Waals surface area contributed by atoms with Gasteiger partial charge in [0.05, 0.1) is 16.4 Å². The molecule has 1 aromatic carbocycles. The van der Waals surface area contributed by atoms with Gasteiger partial charge in [0.25, 0.3) is 5.91 Å². The number of carbonyl (C=O) groups excluding carboxylic acids is 1. The predicted molar refractivity (Wildman–Crippen MR) is 89.7 cm³/mol. The van der Waals surface area contributed by atoms with Crippen molar-refractivity contribution in [1.82, 2.24) is 9.88 Å². The molecule has 0 atom stereocenters. The van der Waals surface area contributed by atoms with Crippen molar-refractivity contribution in [2.75, 3.05) is 7.05 Å². The Morgan fingerprint density at radius 1 is 1.27 bits per heavy atom. The Balaban J connectivity index is 1.96. The van der Waals surface area contributed by atoms with Crippen molar-refractivity contribution in [3.63, 3.8) is 0 Å². The molecule has 0 saturated carbocycles. The molecule has 2 aromatic heterocycles. The number of halogens is 1. The van der Waals surface area contributed by atoms with Crippen LogP contribution in [0.3, 0.4) is 0 Å². The molecule has 0 fully saturated rings. The van der Waals surface area contributed by atoms with Gasteiger partial charge in [-0.15, -0.1) is 11.3 Å². The second-order valence-electron chi connectivity index (χ2n) is 4.96. The number of nitrogens with one attached hydrogen (secondary N) is 1. The molecule has 0 aliphatic rings. The van der Waals surface area contributed by atoms with Crippen molar-refractivity contribution < 1.29 is 4.79 Å². The Morgan fingerprint density at radius 2 is 2.05 bits per heavy atom. The molecule has 0 unspecified atom stereocenters. The number of fused-ring (bicyclic) bond motifs is 1. The highest BCUT2D eigenvalue weighted by molar-refractivity contribution is 7.16. The van der Waals surface area contributed by atoms with E-state index in [1.54, 1.807) is 18.0 Å². The van der Waals surface area contributed by atoms with Crippen LogP contribution in [0.1, 0.15) is 15.2 Å². The number of H-pyrrole nitrogens is 1. The number of carbonyl (C=O) groups is 1. The lowest BCUT2D eigenvalue weighted by molar-refractivity contribution is 0.0788. The minimum atomic E-state index is -0.283. The van der Waals surface area contributed by atoms with Crippen LogP contribution in [0.2, 0.25) is 4.34 Å². The highest BCUT2D eigenvalue weighted by atomic mass is 35.5. The fraction of sp³-hybridized carbons (Fsp3) is 0.125. The zero-order chi connectivity index (χ0) is 15.7. The lowest BCUT2D eigenvalue weighted by Gasteiger charge is -2.17. The summed E-state index contributed by atoms with van der Waals surface area (Å²) in [5.74, 6) is -0.188. The van der Waals surface area contributed by atoms with Crippen molar-refractivity contribution in [3.8, 4) is 0 Å². The third-order valence-electron chi connectivity index (χ3n) is 3.35. The van der Waals surface area contributed by atoms with E-state index in [9.17, 15) is 9.59 Å². The summed E-state index contributed by atoms with van der Waals surface area (Å²) in [6.07, 6.45) is 0. The van der Waals surface area contributed by atoms with Crippen molar-refractivity contribution in [2.24, 2.45) is 0 Å². The van der Waals surface area contributed by atoms with Gasteiger partial charge in [0.15, 0.2) is 0 Å². The molecule has 3 rings (SSSR count). The first kappa shape index (κ1) is 14.8. The van der Waals surface area contributed by atoms with Gasteiger partial charge >= 0.3 is 0 Å². The maximum atomic E-state index is 12.7. The molecule has 0 saturated heterocycles. The molecule has 0 spiro atoms. The largest absolute Gasteiger partial charge is 0.337 e. The Kier molecular flexibility index (Phi) is 4.00. The Labute approximate surface area is 136 Å². The summed E-state index contributed by atoms with van der Waals surface area (Å²) >= 11 is 7.35. The number of rotatable bonds is 3. The topological polar surface area (TPSA) is 53.2 Å². The number of amides is 1. The minimum Gasteiger partial charge on any atom is -0.337 e. The van der Waals surface area contributed by atoms with E-state index >= 15 is 0 Å². The molecule has 112 valence electrons. The van der Waals surface area contributed by atoms with E-state index in [4.69, 9.17) is 11.6 Å². The van der Waals surface area contributed by atoms with E-state index in [0.717, 1.165) is 10.3 Å². The average molecular weight is 333 g/mol. The van der Waals surface area contributed by atoms with E-state index in [0.29, 0.717) is 22.0 Å². The van der Waals surface area contributed by atoms with Crippen molar-refractivity contribution >= 4 is 39.7 Å². The van der Waals surface area contributed by atoms with Gasteiger partial charge in [0.1, 0.15) is 0 Å². The van der Waals surface area contributed by atoms with Crippen LogP contribution in [0.5, 0.6) is 0 Å². The van der Waals surface area contributed by atoms with E-state index in [1.807, 2.05) is 30.3 Å². The monoisotopic (exact) mass is 332 g/mol. The molecule has 1 amide bonds. The van der Waals surface area contributed by atoms with Gasteiger partial charge in [0, 0.05) is 28.9 Å². The van der Waals surface area contributed by atoms with Gasteiger partial charge in [-0.25, -0.2) is 0 Å². The number of para-hydroxylation sites is 1. The zero-order valence-electron chi connectivity index (χ0n) is 11.8. The molecule has 1 N–H and O–H groups in total. The molecule has 0 radical (unpaired) electrons. The number of benzene rings is 1. The molecule has 22 heavy (non-hydrogen) atoms. The van der Waals surface area contributed by atoms with Gasteiger partial charge in [0.2, 0.25) is 5.56 Å². The quantitative estimate of drug-likeness (QED) is 0.798. The Morgan fingerprint density at radius 3 is 2.77 bits per heavy atom. The molecule has 2 heterocycles. The van der Waals surface area contributed by atoms with E-state index in [1.165, 1.54) is 17.4 Å². The van der Waals surface area contributed by atoms with Gasteiger partial charge < -0.3 is 9.88 Å². The van der Waals surface area contributed by atoms with E-state index in [2.05, 4.69) is 4.98 Å². The molecule has 6 heteroatoms. The summed E-state index contributed by atoms with van der Waals surface area (Å²) < 4.78 is 0.692. The van der Waals surface area contributed by atoms with Gasteiger partial charge in [-0.2, -0.15) is 0 Å². The van der Waals surface area contributed by atoms with Crippen molar-refractivity contribution in [1.29, 1.82) is 0 Å². The predicted octanol–water partition coefficient (Wildman–Crippen LogP) is 3.52. The summed E-state index contributed by atoms with van der Waals surface area (Å²) in [7, 11) is 1.71. The molecule has 0 bridgehead atoms. The maximum absolute atomic E-state index is 12.7. The number of hydrogen-bond donors (Lipinski definition) is 1. The van der Waals surface area contributed by atoms with E-state index < -0.39 is 0 Å². The number of hydrogen-bond acceptors (Lipinski definition) is 3. The van der Waals surface area contributed by atoms with Crippen LogP contribution < -0.4 is 5.56 Å². The van der Waals surface area contributed by atoms with E-state index in [-0.39, 0.29) is 11.5 Å². The minimum absolute atomic E-state index is 0.188. The normalized spacial score (nSPS) is 10.8. The van der Waals surface area contributed by atoms with Crippen LogP contribution in [0.25, 0.3) is 10.9 Å². The summed E-state index contributed by atoms with van der Waals surface area (Å²) in [6.45, 7) is 0.456. The average Bonchev–Trinajstić information content (AvgIpc) is 2.90. The van der Waals surface area contributed by atoms with Crippen LogP contribution in [-0.2, 0) is 6.54 Å². The van der Waals surface area contributed by atoms with Crippen LogP contribution in [0, 0.1) is 0 Å². The Hall–Kier alpha value is -2.11. The second-order valence-corrected chi connectivity index (χ2v) is 6.76. The zero-order valence-corrected chi connectivity index (χ0v) is 13.4. The number of nitrogens with zero attached hydrogens (tertiary/aromatic N) is 1. The molecule has 3 aromatic rings. The van der Waals surface area contributed by atoms with Gasteiger partial charge in [-0.05, 0) is 18.2 Å². The first-order chi connectivity index (χ1) is 10.5. The fourth-order valence-electron chi connectivity index (χ4n) is 2.33. The Bertz CT molecular complexity index is 900. The number of aromatic amines is 1. The summed E-state index contributed by atoms with van der Waals surface area (Å²) in [5.41, 5.74) is 0.782. The van der Waals surface area contributed by atoms with Crippen LogP contribution >= 0.6 is 22.9 Å². The third-order valence-corrected chi connectivity index (χ3v) is 4.57. The smallest absolute Gasteiger partial charge is 0.254 e. The van der Waals surface area contributed by atoms with Gasteiger partial charge in [-0.1, -0.05) is 29.8 Å². The highest BCUT2D eigenvalue weighted by Gasteiger charge is 2.16. The van der Waals surface area contributed by atoms with Crippen molar-refractivity contribution in [3.05, 3.63) is 67.6 Å². The summed E-state index contributed by atoms with van der Waals surface area (Å²) in [5, 5.41) is 0.739. The number of aromatic nitrogens is 1. The first-order valence-corrected chi connectivity index (χ1v) is 7.86. The highest BCUT2D eigenvalue weighted by Crippen LogP contribution is 2.23. The third kappa shape index (κ3) is 2.91. The SMILES string of the molecule is CN(Cc1ccc(Cl)s1)C(=O)c1cc(=O)[nH]c2ccccc12. The number of pyridine rings is 1. The molecule has 0 aliphatic carbocycles. The van der Waals surface area contributed by atoms with Crippen LogP contribution in [-0.4, -0.2) is 22.8 Å². The summed E-state index contributed by atoms with van der Waals surface area (Å²) in [4.78, 5) is 29.7. The lowest BCUT2D eigenvalue weighted by Crippen LogP contribution is -2.27. The first-order valence-electron chi connectivity index (χ1n) is 6.66. The second kappa shape index (κ2) is 5.94.